The normalized spacial score (nSPS) is 11.3. The molecule has 22 heavy (non-hydrogen) atoms. The lowest BCUT2D eigenvalue weighted by Crippen LogP contribution is -2.17. The molecule has 4 nitrogen and oxygen atoms in total. The van der Waals surface area contributed by atoms with Crippen molar-refractivity contribution < 1.29 is 4.79 Å². The molecule has 0 bridgehead atoms. The molecule has 4 heteroatoms. The Hall–Kier alpha value is -1.81. The summed E-state index contributed by atoms with van der Waals surface area (Å²) in [5.74, 6) is 0.111. The maximum absolute atomic E-state index is 11.9. The molecule has 2 aromatic rings. The fourth-order valence-electron chi connectivity index (χ4n) is 2.54. The van der Waals surface area contributed by atoms with Crippen molar-refractivity contribution >= 4 is 22.5 Å². The lowest BCUT2D eigenvalue weighted by Gasteiger charge is -2.11. The van der Waals surface area contributed by atoms with Gasteiger partial charge in [0, 0.05) is 42.3 Å². The molecule has 1 heterocycles. The van der Waals surface area contributed by atoms with Crippen LogP contribution in [0.4, 0.5) is 5.69 Å². The van der Waals surface area contributed by atoms with Crippen LogP contribution in [-0.4, -0.2) is 36.0 Å². The molecule has 1 amide bonds. The van der Waals surface area contributed by atoms with E-state index in [0.29, 0.717) is 6.42 Å². The van der Waals surface area contributed by atoms with E-state index < -0.39 is 0 Å². The van der Waals surface area contributed by atoms with Crippen molar-refractivity contribution in [3.63, 3.8) is 0 Å². The van der Waals surface area contributed by atoms with E-state index in [1.54, 1.807) is 0 Å². The smallest absolute Gasteiger partial charge is 0.224 e. The number of fused-ring (bicyclic) bond motifs is 1. The van der Waals surface area contributed by atoms with Crippen molar-refractivity contribution in [1.82, 2.24) is 9.47 Å². The van der Waals surface area contributed by atoms with E-state index in [2.05, 4.69) is 60.2 Å². The number of hydrogen-bond donors (Lipinski definition) is 1. The minimum atomic E-state index is 0.111. The minimum absolute atomic E-state index is 0.111. The van der Waals surface area contributed by atoms with Crippen LogP contribution >= 0.6 is 0 Å². The van der Waals surface area contributed by atoms with Gasteiger partial charge in [0.1, 0.15) is 0 Å². The van der Waals surface area contributed by atoms with Gasteiger partial charge in [0.25, 0.3) is 0 Å². The molecule has 1 aromatic heterocycles. The summed E-state index contributed by atoms with van der Waals surface area (Å²) in [4.78, 5) is 14.1. The molecular formula is C18H27N3O. The zero-order valence-corrected chi connectivity index (χ0v) is 13.9. The highest BCUT2D eigenvalue weighted by Gasteiger charge is 2.05. The highest BCUT2D eigenvalue weighted by Crippen LogP contribution is 2.21. The predicted molar refractivity (Wildman–Crippen MR) is 93.3 cm³/mol. The van der Waals surface area contributed by atoms with Crippen LogP contribution in [0.3, 0.4) is 0 Å². The molecule has 120 valence electrons. The Labute approximate surface area is 133 Å². The fourth-order valence-corrected chi connectivity index (χ4v) is 2.54. The van der Waals surface area contributed by atoms with Gasteiger partial charge < -0.3 is 14.8 Å². The number of unbranched alkanes of at least 4 members (excludes halogenated alkanes) is 2. The number of anilines is 1. The number of carbonyl (C=O) groups excluding carboxylic acids is 1. The molecule has 1 N–H and O–H groups in total. The van der Waals surface area contributed by atoms with Gasteiger partial charge in [-0.15, -0.1) is 0 Å². The topological polar surface area (TPSA) is 37.3 Å². The lowest BCUT2D eigenvalue weighted by atomic mass is 10.2. The van der Waals surface area contributed by atoms with E-state index in [1.165, 1.54) is 10.9 Å². The average Bonchev–Trinajstić information content (AvgIpc) is 2.87. The van der Waals surface area contributed by atoms with Crippen LogP contribution in [-0.2, 0) is 11.3 Å². The van der Waals surface area contributed by atoms with Gasteiger partial charge >= 0.3 is 0 Å². The standard InChI is InChI=1S/C18H27N3O/c1-4-5-6-7-18(22)19-16-8-9-17-15(14-16)10-11-21(17)13-12-20(2)3/h8-11,14H,4-7,12-13H2,1-3H3,(H,19,22). The summed E-state index contributed by atoms with van der Waals surface area (Å²) < 4.78 is 2.25. The van der Waals surface area contributed by atoms with Gasteiger partial charge in [-0.05, 0) is 44.8 Å². The summed E-state index contributed by atoms with van der Waals surface area (Å²) in [6, 6.07) is 8.25. The summed E-state index contributed by atoms with van der Waals surface area (Å²) in [5.41, 5.74) is 2.10. The zero-order chi connectivity index (χ0) is 15.9. The van der Waals surface area contributed by atoms with Gasteiger partial charge in [0.2, 0.25) is 5.91 Å². The first kappa shape index (κ1) is 16.6. The molecule has 0 aliphatic carbocycles. The molecule has 1 aromatic carbocycles. The Morgan fingerprint density at radius 1 is 1.23 bits per heavy atom. The summed E-state index contributed by atoms with van der Waals surface area (Å²) in [6.07, 6.45) is 5.93. The van der Waals surface area contributed by atoms with Crippen molar-refractivity contribution in [2.24, 2.45) is 0 Å². The SMILES string of the molecule is CCCCCC(=O)Nc1ccc2c(ccn2CCN(C)C)c1. The number of benzene rings is 1. The number of nitrogens with one attached hydrogen (secondary N) is 1. The van der Waals surface area contributed by atoms with E-state index in [0.717, 1.165) is 38.0 Å². The minimum Gasteiger partial charge on any atom is -0.346 e. The van der Waals surface area contributed by atoms with Crippen LogP contribution in [0.5, 0.6) is 0 Å². The van der Waals surface area contributed by atoms with Gasteiger partial charge in [-0.1, -0.05) is 19.8 Å². The van der Waals surface area contributed by atoms with Gasteiger partial charge in [0.05, 0.1) is 0 Å². The second-order valence-electron chi connectivity index (χ2n) is 6.09. The largest absolute Gasteiger partial charge is 0.346 e. The van der Waals surface area contributed by atoms with Gasteiger partial charge in [0.15, 0.2) is 0 Å². The zero-order valence-electron chi connectivity index (χ0n) is 13.9. The quantitative estimate of drug-likeness (QED) is 0.755. The molecule has 0 spiro atoms. The van der Waals surface area contributed by atoms with Crippen LogP contribution in [0.1, 0.15) is 32.6 Å². The van der Waals surface area contributed by atoms with E-state index in [9.17, 15) is 4.79 Å². The third-order valence-corrected chi connectivity index (χ3v) is 3.85. The van der Waals surface area contributed by atoms with Gasteiger partial charge in [-0.2, -0.15) is 0 Å². The van der Waals surface area contributed by atoms with Crippen molar-refractivity contribution in [2.45, 2.75) is 39.2 Å². The Balaban J connectivity index is 2.00. The van der Waals surface area contributed by atoms with Crippen LogP contribution in [0, 0.1) is 0 Å². The number of nitrogens with zero attached hydrogens (tertiary/aromatic N) is 2. The summed E-state index contributed by atoms with van der Waals surface area (Å²) in [6.45, 7) is 4.13. The van der Waals surface area contributed by atoms with Crippen molar-refractivity contribution in [2.75, 3.05) is 26.0 Å². The Bertz CT molecular complexity index is 616. The molecule has 0 radical (unpaired) electrons. The van der Waals surface area contributed by atoms with Gasteiger partial charge in [-0.25, -0.2) is 0 Å². The summed E-state index contributed by atoms with van der Waals surface area (Å²) in [7, 11) is 4.16. The van der Waals surface area contributed by atoms with Crippen LogP contribution in [0.25, 0.3) is 10.9 Å². The molecule has 0 atom stereocenters. The third-order valence-electron chi connectivity index (χ3n) is 3.85. The average molecular weight is 301 g/mol. The third kappa shape index (κ3) is 4.60. The molecule has 2 rings (SSSR count). The number of likely N-dealkylation sites (N-methyl/N-ethyl adjacent to an activating group) is 1. The number of rotatable bonds is 8. The Morgan fingerprint density at radius 3 is 2.77 bits per heavy atom. The summed E-state index contributed by atoms with van der Waals surface area (Å²) in [5, 5.41) is 4.17. The first-order valence-corrected chi connectivity index (χ1v) is 8.13. The lowest BCUT2D eigenvalue weighted by molar-refractivity contribution is -0.116. The van der Waals surface area contributed by atoms with Crippen molar-refractivity contribution in [1.29, 1.82) is 0 Å². The Kier molecular flexibility index (Phi) is 6.01. The van der Waals surface area contributed by atoms with Gasteiger partial charge in [-0.3, -0.25) is 4.79 Å². The number of amides is 1. The predicted octanol–water partition coefficient (Wildman–Crippen LogP) is 3.72. The molecule has 0 fully saturated rings. The monoisotopic (exact) mass is 301 g/mol. The summed E-state index contributed by atoms with van der Waals surface area (Å²) >= 11 is 0. The van der Waals surface area contributed by atoms with Crippen LogP contribution < -0.4 is 5.32 Å². The molecule has 0 unspecified atom stereocenters. The van der Waals surface area contributed by atoms with E-state index in [4.69, 9.17) is 0 Å². The maximum atomic E-state index is 11.9. The molecule has 0 aliphatic rings. The first-order valence-electron chi connectivity index (χ1n) is 8.13. The molecule has 0 aliphatic heterocycles. The number of aromatic nitrogens is 1. The molecule has 0 saturated heterocycles. The highest BCUT2D eigenvalue weighted by molar-refractivity contribution is 5.93. The fraction of sp³-hybridized carbons (Fsp3) is 0.500. The second kappa shape index (κ2) is 7.99. The number of carbonyl (C=O) groups is 1. The molecule has 0 saturated carbocycles. The van der Waals surface area contributed by atoms with Crippen molar-refractivity contribution in [3.05, 3.63) is 30.5 Å². The van der Waals surface area contributed by atoms with E-state index in [1.807, 2.05) is 6.07 Å². The van der Waals surface area contributed by atoms with Crippen molar-refractivity contribution in [3.8, 4) is 0 Å². The first-order chi connectivity index (χ1) is 10.6. The van der Waals surface area contributed by atoms with Crippen LogP contribution in [0.2, 0.25) is 0 Å². The number of hydrogen-bond acceptors (Lipinski definition) is 2. The Morgan fingerprint density at radius 2 is 2.05 bits per heavy atom. The van der Waals surface area contributed by atoms with E-state index in [-0.39, 0.29) is 5.91 Å². The van der Waals surface area contributed by atoms with Crippen LogP contribution in [0.15, 0.2) is 30.5 Å². The van der Waals surface area contributed by atoms with E-state index >= 15 is 0 Å². The molecular weight excluding hydrogens is 274 g/mol. The highest BCUT2D eigenvalue weighted by atomic mass is 16.1. The maximum Gasteiger partial charge on any atom is 0.224 e. The second-order valence-corrected chi connectivity index (χ2v) is 6.09.